The average molecular weight is 367 g/mol. The Morgan fingerprint density at radius 3 is 2.59 bits per heavy atom. The predicted molar refractivity (Wildman–Crippen MR) is 102 cm³/mol. The van der Waals surface area contributed by atoms with E-state index in [-0.39, 0.29) is 24.4 Å². The van der Waals surface area contributed by atoms with Crippen molar-refractivity contribution < 1.29 is 9.53 Å². The maximum absolute atomic E-state index is 12.5. The van der Waals surface area contributed by atoms with Crippen molar-refractivity contribution in [3.8, 4) is 6.01 Å². The van der Waals surface area contributed by atoms with Crippen molar-refractivity contribution in [1.82, 2.24) is 19.5 Å². The normalized spacial score (nSPS) is 10.8. The van der Waals surface area contributed by atoms with E-state index in [0.29, 0.717) is 40.6 Å². The number of para-hydroxylation sites is 1. The van der Waals surface area contributed by atoms with E-state index >= 15 is 0 Å². The number of nitrogens with zero attached hydrogens (tertiary/aromatic N) is 4. The van der Waals surface area contributed by atoms with Crippen molar-refractivity contribution in [2.75, 3.05) is 11.9 Å². The Kier molecular flexibility index (Phi) is 5.44. The van der Waals surface area contributed by atoms with Crippen LogP contribution in [0.4, 0.5) is 5.69 Å². The molecule has 0 fully saturated rings. The summed E-state index contributed by atoms with van der Waals surface area (Å²) in [6.07, 6.45) is 1.60. The van der Waals surface area contributed by atoms with Crippen molar-refractivity contribution in [2.45, 2.75) is 33.7 Å². The van der Waals surface area contributed by atoms with E-state index in [0.717, 1.165) is 0 Å². The van der Waals surface area contributed by atoms with Gasteiger partial charge in [-0.15, -0.1) is 0 Å². The lowest BCUT2D eigenvalue weighted by atomic mass is 10.2. The molecule has 0 aliphatic heterocycles. The first-order valence-corrected chi connectivity index (χ1v) is 8.71. The first-order chi connectivity index (χ1) is 13.0. The van der Waals surface area contributed by atoms with Crippen LogP contribution in [-0.4, -0.2) is 32.0 Å². The molecule has 0 bridgehead atoms. The minimum Gasteiger partial charge on any atom is -0.464 e. The molecule has 3 aromatic rings. The summed E-state index contributed by atoms with van der Waals surface area (Å²) in [7, 11) is 0. The van der Waals surface area contributed by atoms with Gasteiger partial charge in [-0.2, -0.15) is 9.97 Å². The number of benzene rings is 1. The molecule has 2 heterocycles. The number of amides is 1. The topological polar surface area (TPSA) is 99.0 Å². The van der Waals surface area contributed by atoms with Crippen LogP contribution in [-0.2, 0) is 11.3 Å². The number of anilines is 1. The van der Waals surface area contributed by atoms with E-state index in [1.54, 1.807) is 32.0 Å². The summed E-state index contributed by atoms with van der Waals surface area (Å²) in [6.45, 7) is 6.13. The summed E-state index contributed by atoms with van der Waals surface area (Å²) < 4.78 is 6.74. The fourth-order valence-corrected chi connectivity index (χ4v) is 2.75. The summed E-state index contributed by atoms with van der Waals surface area (Å²) >= 11 is 0. The zero-order valence-electron chi connectivity index (χ0n) is 15.5. The quantitative estimate of drug-likeness (QED) is 0.717. The molecule has 0 radical (unpaired) electrons. The van der Waals surface area contributed by atoms with Crippen LogP contribution in [0.5, 0.6) is 6.01 Å². The number of aromatic nitrogens is 4. The molecule has 0 unspecified atom stereocenters. The van der Waals surface area contributed by atoms with Gasteiger partial charge in [0.15, 0.2) is 0 Å². The lowest BCUT2D eigenvalue weighted by Gasteiger charge is -2.12. The van der Waals surface area contributed by atoms with E-state index in [4.69, 9.17) is 4.74 Å². The molecule has 27 heavy (non-hydrogen) atoms. The molecule has 1 N–H and O–H groups in total. The maximum Gasteiger partial charge on any atom is 0.316 e. The molecule has 0 aliphatic rings. The first kappa shape index (κ1) is 18.5. The van der Waals surface area contributed by atoms with Gasteiger partial charge in [-0.3, -0.25) is 14.2 Å². The maximum atomic E-state index is 12.5. The standard InChI is InChI=1S/C19H21N5O3/c1-4-27-19-21-12(2)17(13(3)22-19)23-16(25)9-10-24-11-20-15-8-6-5-7-14(15)18(24)26/h5-8,11H,4,9-10H2,1-3H3,(H,23,25). The van der Waals surface area contributed by atoms with Crippen LogP contribution in [0, 0.1) is 13.8 Å². The molecule has 140 valence electrons. The SMILES string of the molecule is CCOc1nc(C)c(NC(=O)CCn2cnc3ccccc3c2=O)c(C)n1. The number of hydrogen-bond acceptors (Lipinski definition) is 6. The number of nitrogens with one attached hydrogen (secondary N) is 1. The van der Waals surface area contributed by atoms with Crippen LogP contribution < -0.4 is 15.6 Å². The number of rotatable bonds is 6. The van der Waals surface area contributed by atoms with Gasteiger partial charge in [0.25, 0.3) is 5.56 Å². The molecule has 0 atom stereocenters. The molecule has 0 saturated heterocycles. The molecule has 0 saturated carbocycles. The van der Waals surface area contributed by atoms with E-state index in [1.807, 2.05) is 13.0 Å². The molecular formula is C19H21N5O3. The molecule has 0 aliphatic carbocycles. The van der Waals surface area contributed by atoms with E-state index in [9.17, 15) is 9.59 Å². The number of aryl methyl sites for hydroxylation is 3. The van der Waals surface area contributed by atoms with Gasteiger partial charge in [-0.25, -0.2) is 4.98 Å². The fraction of sp³-hybridized carbons (Fsp3) is 0.316. The molecule has 8 heteroatoms. The largest absolute Gasteiger partial charge is 0.464 e. The van der Waals surface area contributed by atoms with Crippen LogP contribution in [0.25, 0.3) is 10.9 Å². The van der Waals surface area contributed by atoms with Crippen molar-refractivity contribution in [1.29, 1.82) is 0 Å². The highest BCUT2D eigenvalue weighted by Gasteiger charge is 2.13. The van der Waals surface area contributed by atoms with Gasteiger partial charge < -0.3 is 10.1 Å². The van der Waals surface area contributed by atoms with Crippen LogP contribution in [0.15, 0.2) is 35.4 Å². The third-order valence-electron chi connectivity index (χ3n) is 4.10. The molecule has 8 nitrogen and oxygen atoms in total. The number of carbonyl (C=O) groups is 1. The Morgan fingerprint density at radius 1 is 1.19 bits per heavy atom. The van der Waals surface area contributed by atoms with Crippen molar-refractivity contribution in [3.05, 3.63) is 52.3 Å². The Balaban J connectivity index is 1.70. The number of carbonyl (C=O) groups excluding carboxylic acids is 1. The van der Waals surface area contributed by atoms with Gasteiger partial charge in [0, 0.05) is 13.0 Å². The highest BCUT2D eigenvalue weighted by molar-refractivity contribution is 5.91. The number of hydrogen-bond donors (Lipinski definition) is 1. The first-order valence-electron chi connectivity index (χ1n) is 8.71. The highest BCUT2D eigenvalue weighted by Crippen LogP contribution is 2.19. The van der Waals surface area contributed by atoms with Crippen molar-refractivity contribution in [3.63, 3.8) is 0 Å². The monoisotopic (exact) mass is 367 g/mol. The highest BCUT2D eigenvalue weighted by atomic mass is 16.5. The van der Waals surface area contributed by atoms with Gasteiger partial charge in [0.2, 0.25) is 5.91 Å². The lowest BCUT2D eigenvalue weighted by molar-refractivity contribution is -0.116. The number of fused-ring (bicyclic) bond motifs is 1. The van der Waals surface area contributed by atoms with Crippen LogP contribution in [0.3, 0.4) is 0 Å². The van der Waals surface area contributed by atoms with Gasteiger partial charge in [0.1, 0.15) is 0 Å². The molecule has 1 aromatic carbocycles. The second-order valence-corrected chi connectivity index (χ2v) is 6.04. The lowest BCUT2D eigenvalue weighted by Crippen LogP contribution is -2.24. The van der Waals surface area contributed by atoms with Gasteiger partial charge >= 0.3 is 6.01 Å². The molecule has 3 rings (SSSR count). The van der Waals surface area contributed by atoms with Crippen molar-refractivity contribution in [2.24, 2.45) is 0 Å². The predicted octanol–water partition coefficient (Wildman–Crippen LogP) is 2.23. The third kappa shape index (κ3) is 4.11. The second-order valence-electron chi connectivity index (χ2n) is 6.04. The minimum atomic E-state index is -0.228. The van der Waals surface area contributed by atoms with Crippen LogP contribution >= 0.6 is 0 Å². The zero-order chi connectivity index (χ0) is 19.4. The van der Waals surface area contributed by atoms with Gasteiger partial charge in [0.05, 0.1) is 40.9 Å². The van der Waals surface area contributed by atoms with Crippen molar-refractivity contribution >= 4 is 22.5 Å². The van der Waals surface area contributed by atoms with E-state index in [2.05, 4.69) is 20.3 Å². The minimum absolute atomic E-state index is 0.131. The molecular weight excluding hydrogens is 346 g/mol. The van der Waals surface area contributed by atoms with Gasteiger partial charge in [-0.1, -0.05) is 12.1 Å². The zero-order valence-corrected chi connectivity index (χ0v) is 15.5. The molecule has 1 amide bonds. The summed E-state index contributed by atoms with van der Waals surface area (Å²) in [4.78, 5) is 37.5. The fourth-order valence-electron chi connectivity index (χ4n) is 2.75. The molecule has 2 aromatic heterocycles. The van der Waals surface area contributed by atoms with Crippen LogP contribution in [0.1, 0.15) is 24.7 Å². The smallest absolute Gasteiger partial charge is 0.316 e. The Morgan fingerprint density at radius 2 is 1.89 bits per heavy atom. The number of ether oxygens (including phenoxy) is 1. The van der Waals surface area contributed by atoms with E-state index in [1.165, 1.54) is 10.9 Å². The average Bonchev–Trinajstić information content (AvgIpc) is 2.65. The second kappa shape index (κ2) is 7.94. The van der Waals surface area contributed by atoms with E-state index < -0.39 is 0 Å². The summed E-state index contributed by atoms with van der Waals surface area (Å²) in [6, 6.07) is 7.42. The molecule has 0 spiro atoms. The van der Waals surface area contributed by atoms with Crippen LogP contribution in [0.2, 0.25) is 0 Å². The summed E-state index contributed by atoms with van der Waals surface area (Å²) in [5.74, 6) is -0.228. The third-order valence-corrected chi connectivity index (χ3v) is 4.10. The summed E-state index contributed by atoms with van der Waals surface area (Å²) in [5, 5.41) is 3.35. The Bertz CT molecular complexity index is 1020. The summed E-state index contributed by atoms with van der Waals surface area (Å²) in [5.41, 5.74) is 2.30. The van der Waals surface area contributed by atoms with Gasteiger partial charge in [-0.05, 0) is 32.9 Å². The Hall–Kier alpha value is -3.29. The Labute approximate surface area is 156 Å².